The molecule has 0 bridgehead atoms. The third-order valence-corrected chi connectivity index (χ3v) is 1.30. The number of hydrogen-bond donors (Lipinski definition) is 2. The average molecular weight is 172 g/mol. The summed E-state index contributed by atoms with van der Waals surface area (Å²) in [5.74, 6) is 0. The first-order valence-electron chi connectivity index (χ1n) is 6.15. The Hall–Kier alpha value is -1.07. The van der Waals surface area contributed by atoms with Crippen LogP contribution in [0.1, 0.15) is 8.22 Å². The molecule has 0 aliphatic heterocycles. The average Bonchev–Trinajstić information content (AvgIpc) is 2.13. The minimum atomic E-state index is -2.90. The summed E-state index contributed by atoms with van der Waals surface area (Å²) in [4.78, 5) is 3.81. The molecule has 1 aromatic heterocycles. The highest BCUT2D eigenvalue weighted by Crippen LogP contribution is 2.04. The largest absolute Gasteiger partial charge is 0.490 e. The smallest absolute Gasteiger partial charge is 0.423 e. The molecule has 4 nitrogen and oxygen atoms in total. The topological polar surface area (TPSA) is 56.6 Å². The van der Waals surface area contributed by atoms with Crippen LogP contribution in [-0.2, 0) is 0 Å². The van der Waals surface area contributed by atoms with E-state index in [1.165, 1.54) is 0 Å². The lowest BCUT2D eigenvalue weighted by Gasteiger charge is -2.12. The van der Waals surface area contributed by atoms with Gasteiger partial charge in [-0.25, -0.2) is 0 Å². The van der Waals surface area contributed by atoms with Gasteiger partial charge in [0.2, 0.25) is 0 Å². The van der Waals surface area contributed by atoms with E-state index in [9.17, 15) is 0 Å². The fourth-order valence-corrected chi connectivity index (χ4v) is 0.708. The van der Waals surface area contributed by atoms with Crippen molar-refractivity contribution >= 4 is 18.3 Å². The van der Waals surface area contributed by atoms with Crippen LogP contribution < -0.4 is 10.4 Å². The third kappa shape index (κ3) is 1.96. The molecule has 0 aliphatic carbocycles. The molecule has 0 atom stereocenters. The van der Waals surface area contributed by atoms with Crippen LogP contribution in [0.3, 0.4) is 0 Å². The molecular weight excluding hydrogens is 155 g/mol. The van der Waals surface area contributed by atoms with Crippen LogP contribution in [-0.4, -0.2) is 36.1 Å². The van der Waals surface area contributed by atoms with Gasteiger partial charge in [-0.15, -0.1) is 0 Å². The van der Waals surface area contributed by atoms with E-state index in [-0.39, 0.29) is 16.1 Å². The maximum Gasteiger partial charge on any atom is 0.490 e. The van der Waals surface area contributed by atoms with Crippen molar-refractivity contribution in [1.82, 2.24) is 4.98 Å². The Morgan fingerprint density at radius 2 is 2.25 bits per heavy atom. The summed E-state index contributed by atoms with van der Waals surface area (Å²) in [6, 6.07) is 1.05. The van der Waals surface area contributed by atoms with Gasteiger partial charge in [-0.1, -0.05) is 0 Å². The number of nitrogens with zero attached hydrogens (tertiary/aromatic N) is 2. The molecule has 5 heteroatoms. The van der Waals surface area contributed by atoms with Gasteiger partial charge in [0.05, 0.1) is 11.9 Å². The molecule has 0 amide bonds. The van der Waals surface area contributed by atoms with E-state index < -0.39 is 21.1 Å². The molecule has 1 rings (SSSR count). The van der Waals surface area contributed by atoms with Crippen LogP contribution >= 0.6 is 0 Å². The molecule has 0 aromatic carbocycles. The van der Waals surface area contributed by atoms with E-state index in [0.29, 0.717) is 0 Å². The first kappa shape index (κ1) is 3.76. The van der Waals surface area contributed by atoms with E-state index >= 15 is 0 Å². The standard InChI is InChI=1S/C7H11BN2O2/c1-10(2)7-3-6(8(11)12)4-9-5-7/h3-5,11-12H,1-2H3/i1D3,2D3. The minimum absolute atomic E-state index is 0.0917. The Bertz CT molecular complexity index is 407. The van der Waals surface area contributed by atoms with Gasteiger partial charge in [0.1, 0.15) is 0 Å². The Morgan fingerprint density at radius 1 is 1.50 bits per heavy atom. The lowest BCUT2D eigenvalue weighted by molar-refractivity contribution is 0.425. The zero-order chi connectivity index (χ0) is 14.1. The number of pyridine rings is 1. The molecule has 1 heterocycles. The summed E-state index contributed by atoms with van der Waals surface area (Å²) in [7, 11) is -1.85. The van der Waals surface area contributed by atoms with Crippen molar-refractivity contribution in [3.63, 3.8) is 0 Å². The SMILES string of the molecule is [2H]C([2H])([2H])N(c1cncc(B(O)O)c1)C([2H])([2H])[2H]. The van der Waals surface area contributed by atoms with Crippen LogP contribution in [0.25, 0.3) is 0 Å². The van der Waals surface area contributed by atoms with Gasteiger partial charge in [-0.2, -0.15) is 0 Å². The Balaban J connectivity index is 3.27. The lowest BCUT2D eigenvalue weighted by Crippen LogP contribution is -2.30. The fourth-order valence-electron chi connectivity index (χ4n) is 0.708. The van der Waals surface area contributed by atoms with Crippen LogP contribution in [0, 0.1) is 0 Å². The van der Waals surface area contributed by atoms with Crippen molar-refractivity contribution < 1.29 is 18.3 Å². The molecule has 0 fully saturated rings. The Kier molecular flexibility index (Phi) is 1.12. The molecule has 1 aromatic rings. The quantitative estimate of drug-likeness (QED) is 0.551. The van der Waals surface area contributed by atoms with Crippen LogP contribution in [0.5, 0.6) is 0 Å². The number of aromatic nitrogens is 1. The fraction of sp³-hybridized carbons (Fsp3) is 0.286. The zero-order valence-corrected chi connectivity index (χ0v) is 6.10. The molecule has 2 N–H and O–H groups in total. The molecule has 0 saturated carbocycles. The van der Waals surface area contributed by atoms with Gasteiger partial charge in [0.15, 0.2) is 0 Å². The van der Waals surface area contributed by atoms with E-state index in [1.807, 2.05) is 0 Å². The summed E-state index contributed by atoms with van der Waals surface area (Å²) in [6.45, 7) is -5.79. The van der Waals surface area contributed by atoms with Crippen molar-refractivity contribution in [3.8, 4) is 0 Å². The second-order valence-electron chi connectivity index (χ2n) is 2.19. The Morgan fingerprint density at radius 3 is 2.83 bits per heavy atom. The summed E-state index contributed by atoms with van der Waals surface area (Å²) in [6.07, 6.45) is 2.13. The van der Waals surface area contributed by atoms with Gasteiger partial charge in [-0.05, 0) is 6.07 Å². The molecule has 12 heavy (non-hydrogen) atoms. The van der Waals surface area contributed by atoms with Gasteiger partial charge in [-0.3, -0.25) is 4.98 Å². The second-order valence-corrected chi connectivity index (χ2v) is 2.19. The van der Waals surface area contributed by atoms with Gasteiger partial charge < -0.3 is 14.9 Å². The first-order chi connectivity index (χ1) is 8.03. The van der Waals surface area contributed by atoms with Crippen molar-refractivity contribution in [2.24, 2.45) is 0 Å². The minimum Gasteiger partial charge on any atom is -0.423 e. The molecule has 64 valence electrons. The second kappa shape index (κ2) is 3.56. The van der Waals surface area contributed by atoms with E-state index in [1.54, 1.807) is 0 Å². The Labute approximate surface area is 80.1 Å². The van der Waals surface area contributed by atoms with Crippen LogP contribution in [0.2, 0.25) is 0 Å². The number of anilines is 1. The van der Waals surface area contributed by atoms with Crippen molar-refractivity contribution in [2.45, 2.75) is 0 Å². The summed E-state index contributed by atoms with van der Waals surface area (Å²) in [5.41, 5.74) is -0.327. The number of rotatable bonds is 2. The highest BCUT2D eigenvalue weighted by Gasteiger charge is 2.11. The predicted octanol–water partition coefficient (Wildman–Crippen LogP) is -1.17. The van der Waals surface area contributed by atoms with Crippen molar-refractivity contribution in [3.05, 3.63) is 18.5 Å². The molecule has 0 unspecified atom stereocenters. The van der Waals surface area contributed by atoms with Gasteiger partial charge >= 0.3 is 7.12 Å². The maximum absolute atomic E-state index is 8.95. The molecule has 0 saturated heterocycles. The van der Waals surface area contributed by atoms with Crippen molar-refractivity contribution in [2.75, 3.05) is 18.9 Å². The molecule has 0 spiro atoms. The zero-order valence-electron chi connectivity index (χ0n) is 12.1. The lowest BCUT2D eigenvalue weighted by atomic mass is 9.81. The van der Waals surface area contributed by atoms with E-state index in [4.69, 9.17) is 18.3 Å². The molecule has 0 radical (unpaired) electrons. The van der Waals surface area contributed by atoms with Crippen LogP contribution in [0.15, 0.2) is 18.5 Å². The summed E-state index contributed by atoms with van der Waals surface area (Å²) in [5, 5.41) is 17.9. The van der Waals surface area contributed by atoms with E-state index in [2.05, 4.69) is 4.98 Å². The van der Waals surface area contributed by atoms with E-state index in [0.717, 1.165) is 18.5 Å². The number of hydrogen-bond acceptors (Lipinski definition) is 4. The highest BCUT2D eigenvalue weighted by molar-refractivity contribution is 6.58. The monoisotopic (exact) mass is 172 g/mol. The first-order valence-corrected chi connectivity index (χ1v) is 3.15. The predicted molar refractivity (Wildman–Crippen MR) is 48.4 cm³/mol. The highest BCUT2D eigenvalue weighted by atomic mass is 16.4. The normalized spacial score (nSPS) is 19.2. The summed E-state index contributed by atoms with van der Waals surface area (Å²) >= 11 is 0. The maximum atomic E-state index is 8.95. The summed E-state index contributed by atoms with van der Waals surface area (Å²) < 4.78 is 43.2. The van der Waals surface area contributed by atoms with Crippen LogP contribution in [0.4, 0.5) is 5.69 Å². The molecule has 0 aliphatic rings. The molecular formula is C7H11BN2O2. The van der Waals surface area contributed by atoms with Crippen molar-refractivity contribution in [1.29, 1.82) is 0 Å². The van der Waals surface area contributed by atoms with Gasteiger partial charge in [0.25, 0.3) is 0 Å². The third-order valence-electron chi connectivity index (χ3n) is 1.30. The van der Waals surface area contributed by atoms with Gasteiger partial charge in [0, 0.05) is 33.8 Å².